The highest BCUT2D eigenvalue weighted by molar-refractivity contribution is 9.58. The van der Waals surface area contributed by atoms with E-state index >= 15 is 0 Å². The minimum Gasteiger partial charge on any atom is -0.179 e. The second kappa shape index (κ2) is 9.32. The van der Waals surface area contributed by atoms with E-state index in [0.29, 0.717) is 0 Å². The third-order valence-corrected chi connectivity index (χ3v) is 16.9. The Morgan fingerprint density at radius 3 is 1.96 bits per heavy atom. The van der Waals surface area contributed by atoms with E-state index in [-0.39, 0.29) is 0 Å². The molecule has 0 amide bonds. The van der Waals surface area contributed by atoms with Gasteiger partial charge in [0.25, 0.3) is 0 Å². The molecular formula is C24H30Br2S2. The molecule has 152 valence electrons. The van der Waals surface area contributed by atoms with Crippen LogP contribution in [0.4, 0.5) is 0 Å². The average Bonchev–Trinajstić information content (AvgIpc) is 3.31. The molecule has 2 aromatic carbocycles. The quantitative estimate of drug-likeness (QED) is 0.321. The Hall–Kier alpha value is -0.160. The summed E-state index contributed by atoms with van der Waals surface area (Å²) in [6, 6.07) is 18.0. The van der Waals surface area contributed by atoms with Gasteiger partial charge >= 0.3 is 0 Å². The largest absolute Gasteiger partial charge is 0.179 e. The monoisotopic (exact) mass is 540 g/mol. The first-order valence-corrected chi connectivity index (χ1v) is 18.3. The highest BCUT2D eigenvalue weighted by Crippen LogP contribution is 2.64. The fourth-order valence-corrected chi connectivity index (χ4v) is 14.0. The van der Waals surface area contributed by atoms with Gasteiger partial charge < -0.3 is 0 Å². The maximum atomic E-state index is 4.17. The van der Waals surface area contributed by atoms with Gasteiger partial charge in [-0.3, -0.25) is 0 Å². The summed E-state index contributed by atoms with van der Waals surface area (Å²) in [5.41, 5.74) is 5.73. The van der Waals surface area contributed by atoms with Crippen molar-refractivity contribution in [2.75, 3.05) is 23.0 Å². The van der Waals surface area contributed by atoms with E-state index in [1.807, 2.05) is 0 Å². The summed E-state index contributed by atoms with van der Waals surface area (Å²) in [5.74, 6) is 7.98. The maximum Gasteiger partial charge on any atom is 0.0121 e. The van der Waals surface area contributed by atoms with Crippen molar-refractivity contribution in [1.82, 2.24) is 0 Å². The van der Waals surface area contributed by atoms with Gasteiger partial charge in [0.1, 0.15) is 0 Å². The van der Waals surface area contributed by atoms with Gasteiger partial charge in [-0.15, -0.1) is 0 Å². The van der Waals surface area contributed by atoms with Crippen LogP contribution in [0.1, 0.15) is 47.9 Å². The van der Waals surface area contributed by atoms with Crippen molar-refractivity contribution in [3.8, 4) is 0 Å². The van der Waals surface area contributed by atoms with Crippen LogP contribution in [0, 0.1) is 0 Å². The first-order chi connectivity index (χ1) is 13.5. The highest BCUT2D eigenvalue weighted by Gasteiger charge is 2.28. The van der Waals surface area contributed by atoms with Gasteiger partial charge in [0.2, 0.25) is 0 Å². The average molecular weight is 542 g/mol. The van der Waals surface area contributed by atoms with Crippen LogP contribution in [0.25, 0.3) is 12.2 Å². The van der Waals surface area contributed by atoms with Crippen molar-refractivity contribution in [3.63, 3.8) is 0 Å². The molecule has 0 spiro atoms. The van der Waals surface area contributed by atoms with Crippen LogP contribution in [-0.4, -0.2) is 23.0 Å². The molecule has 2 fully saturated rings. The summed E-state index contributed by atoms with van der Waals surface area (Å²) >= 11 is 8.31. The van der Waals surface area contributed by atoms with E-state index in [1.54, 1.807) is 0 Å². The smallest absolute Gasteiger partial charge is 0.0121 e. The molecular weight excluding hydrogens is 512 g/mol. The van der Waals surface area contributed by atoms with Crippen LogP contribution >= 0.6 is 46.5 Å². The molecule has 2 aliphatic heterocycles. The Labute approximate surface area is 188 Å². The molecule has 0 unspecified atom stereocenters. The Morgan fingerprint density at radius 2 is 1.32 bits per heavy atom. The van der Waals surface area contributed by atoms with Crippen molar-refractivity contribution in [1.29, 1.82) is 0 Å². The number of rotatable bonds is 6. The predicted molar refractivity (Wildman–Crippen MR) is 140 cm³/mol. The van der Waals surface area contributed by atoms with E-state index < -0.39 is 16.9 Å². The molecule has 0 aromatic heterocycles. The predicted octanol–water partition coefficient (Wildman–Crippen LogP) is 8.67. The standard InChI is InChI=1S/C24H30Br2S2/c25-27(14-4-5-15-27)19-22-11-13-24(20-28(26)16-6-7-17-28)23(18-22)12-10-21-8-2-1-3-9-21/h1-3,8-13,18H,4-7,14-17,19-20H2/b12-10+. The fourth-order valence-electron chi connectivity index (χ4n) is 4.28. The van der Waals surface area contributed by atoms with E-state index in [9.17, 15) is 0 Å². The third-order valence-electron chi connectivity index (χ3n) is 5.85. The lowest BCUT2D eigenvalue weighted by Crippen LogP contribution is -2.02. The lowest BCUT2D eigenvalue weighted by atomic mass is 10.0. The minimum absolute atomic E-state index is 0.604. The third kappa shape index (κ3) is 5.50. The van der Waals surface area contributed by atoms with Crippen molar-refractivity contribution in [2.24, 2.45) is 0 Å². The van der Waals surface area contributed by atoms with Crippen LogP contribution < -0.4 is 0 Å². The minimum atomic E-state index is -0.635. The molecule has 2 heterocycles. The highest BCUT2D eigenvalue weighted by atomic mass is 79.9. The second-order valence-electron chi connectivity index (χ2n) is 8.18. The topological polar surface area (TPSA) is 0 Å². The summed E-state index contributed by atoms with van der Waals surface area (Å²) < 4.78 is 0. The number of hydrogen-bond acceptors (Lipinski definition) is 0. The SMILES string of the molecule is BrS1(Cc2ccc(CS3(Br)CCCC3)c(/C=C/c3ccccc3)c2)CCCC1. The molecule has 0 N–H and O–H groups in total. The van der Waals surface area contributed by atoms with Gasteiger partial charge in [0, 0.05) is 11.5 Å². The van der Waals surface area contributed by atoms with Crippen molar-refractivity contribution in [2.45, 2.75) is 37.2 Å². The van der Waals surface area contributed by atoms with Crippen molar-refractivity contribution < 1.29 is 0 Å². The number of hydrogen-bond donors (Lipinski definition) is 0. The van der Waals surface area contributed by atoms with Gasteiger partial charge in [-0.05, 0) is 101 Å². The zero-order valence-corrected chi connectivity index (χ0v) is 21.2. The summed E-state index contributed by atoms with van der Waals surface area (Å²) in [4.78, 5) is 0. The molecule has 0 bridgehead atoms. The molecule has 2 aromatic rings. The molecule has 0 atom stereocenters. The van der Waals surface area contributed by atoms with E-state index in [4.69, 9.17) is 0 Å². The van der Waals surface area contributed by atoms with Crippen LogP contribution in [0.2, 0.25) is 0 Å². The normalized spacial score (nSPS) is 23.1. The van der Waals surface area contributed by atoms with Crippen LogP contribution in [0.5, 0.6) is 0 Å². The lowest BCUT2D eigenvalue weighted by molar-refractivity contribution is 0.949. The molecule has 0 nitrogen and oxygen atoms in total. The summed E-state index contributed by atoms with van der Waals surface area (Å²) in [7, 11) is -1.24. The molecule has 2 saturated heterocycles. The van der Waals surface area contributed by atoms with E-state index in [1.165, 1.54) is 82.5 Å². The molecule has 28 heavy (non-hydrogen) atoms. The lowest BCUT2D eigenvalue weighted by Gasteiger charge is -2.30. The Kier molecular flexibility index (Phi) is 7.02. The molecule has 4 rings (SSSR count). The van der Waals surface area contributed by atoms with Crippen LogP contribution in [0.15, 0.2) is 48.5 Å². The Balaban J connectivity index is 1.61. The Bertz CT molecular complexity index is 820. The summed E-state index contributed by atoms with van der Waals surface area (Å²) in [6.45, 7) is 0. The van der Waals surface area contributed by atoms with E-state index in [2.05, 4.69) is 90.3 Å². The molecule has 4 heteroatoms. The van der Waals surface area contributed by atoms with E-state index in [0.717, 1.165) is 0 Å². The Morgan fingerprint density at radius 1 is 0.714 bits per heavy atom. The first kappa shape index (κ1) is 21.1. The van der Waals surface area contributed by atoms with Gasteiger partial charge in [0.05, 0.1) is 0 Å². The summed E-state index contributed by atoms with van der Waals surface area (Å²) in [6.07, 6.45) is 10.2. The van der Waals surface area contributed by atoms with Gasteiger partial charge in [-0.25, -0.2) is 0 Å². The van der Waals surface area contributed by atoms with Crippen molar-refractivity contribution >= 4 is 58.7 Å². The molecule has 0 radical (unpaired) electrons. The van der Waals surface area contributed by atoms with Gasteiger partial charge in [-0.1, -0.05) is 60.7 Å². The van der Waals surface area contributed by atoms with Gasteiger partial charge in [-0.2, -0.15) is 16.9 Å². The number of halogens is 2. The second-order valence-corrected chi connectivity index (χ2v) is 22.4. The fraction of sp³-hybridized carbons (Fsp3) is 0.417. The first-order valence-electron chi connectivity index (χ1n) is 10.3. The zero-order valence-electron chi connectivity index (χ0n) is 16.4. The van der Waals surface area contributed by atoms with Gasteiger partial charge in [0.15, 0.2) is 0 Å². The molecule has 2 aliphatic rings. The molecule has 0 aliphatic carbocycles. The van der Waals surface area contributed by atoms with Crippen molar-refractivity contribution in [3.05, 3.63) is 70.8 Å². The van der Waals surface area contributed by atoms with Crippen LogP contribution in [0.3, 0.4) is 0 Å². The zero-order chi connectivity index (χ0) is 19.5. The van der Waals surface area contributed by atoms with Crippen LogP contribution in [-0.2, 0) is 11.5 Å². The number of benzene rings is 2. The molecule has 0 saturated carbocycles. The summed E-state index contributed by atoms with van der Waals surface area (Å²) in [5, 5.41) is 0. The maximum absolute atomic E-state index is 4.17.